The number of aromatic nitrogens is 1. The summed E-state index contributed by atoms with van der Waals surface area (Å²) in [5.74, 6) is 1.14. The van der Waals surface area contributed by atoms with E-state index in [-0.39, 0.29) is 26.8 Å². The zero-order chi connectivity index (χ0) is 20.1. The van der Waals surface area contributed by atoms with Gasteiger partial charge in [-0.05, 0) is 29.7 Å². The van der Waals surface area contributed by atoms with Gasteiger partial charge in [-0.2, -0.15) is 0 Å². The number of thioether (sulfide) groups is 1. The molecule has 0 saturated carbocycles. The van der Waals surface area contributed by atoms with Crippen LogP contribution in [0.15, 0.2) is 77.8 Å². The van der Waals surface area contributed by atoms with Gasteiger partial charge >= 0.3 is 0 Å². The van der Waals surface area contributed by atoms with Gasteiger partial charge in [0.25, 0.3) is 0 Å². The number of ether oxygens (including phenoxy) is 1. The molecule has 0 unspecified atom stereocenters. The smallest absolute Gasteiger partial charge is 0.217 e. The molecule has 2 atom stereocenters. The summed E-state index contributed by atoms with van der Waals surface area (Å²) in [4.78, 5) is 9.42. The van der Waals surface area contributed by atoms with Crippen molar-refractivity contribution in [2.75, 3.05) is 0 Å². The van der Waals surface area contributed by atoms with E-state index in [0.717, 1.165) is 22.4 Å². The summed E-state index contributed by atoms with van der Waals surface area (Å²) in [5, 5.41) is 12.3. The number of phenols is 1. The molecule has 1 aliphatic heterocycles. The first-order valence-electron chi connectivity index (χ1n) is 9.86. The molecule has 0 radical (unpaired) electrons. The van der Waals surface area contributed by atoms with E-state index < -0.39 is 0 Å². The van der Waals surface area contributed by atoms with Crippen molar-refractivity contribution in [3.05, 3.63) is 95.6 Å². The van der Waals surface area contributed by atoms with Crippen LogP contribution in [0.2, 0.25) is 0 Å². The average Bonchev–Trinajstić information content (AvgIpc) is 3.33. The molecule has 3 aromatic carbocycles. The van der Waals surface area contributed by atoms with Crippen LogP contribution in [-0.4, -0.2) is 21.2 Å². The van der Waals surface area contributed by atoms with E-state index >= 15 is 0 Å². The molecule has 2 heterocycles. The van der Waals surface area contributed by atoms with Crippen LogP contribution in [-0.2, 0) is 27.5 Å². The molecule has 0 bridgehead atoms. The molecule has 6 rings (SSSR count). The van der Waals surface area contributed by atoms with Gasteiger partial charge in [0, 0.05) is 48.6 Å². The molecule has 0 spiro atoms. The van der Waals surface area contributed by atoms with Gasteiger partial charge < -0.3 is 14.8 Å². The zero-order valence-corrected chi connectivity index (χ0v) is 19.4. The van der Waals surface area contributed by atoms with Crippen molar-refractivity contribution in [2.45, 2.75) is 17.7 Å². The Bertz CT molecular complexity index is 1320. The Kier molecular flexibility index (Phi) is 5.33. The Labute approximate surface area is 198 Å². The summed E-state index contributed by atoms with van der Waals surface area (Å²) in [5.41, 5.74) is 4.27. The SMILES string of the molecule is Oc1cccc2ccc(Oc3[c-]c(C4=N[C@H]5Cc6ccccc6[C@@H]5S4)ccc3)nc12.[Pt]. The normalized spacial score (nSPS) is 18.8. The second kappa shape index (κ2) is 8.14. The van der Waals surface area contributed by atoms with E-state index in [0.29, 0.717) is 28.4 Å². The molecule has 6 heteroatoms. The van der Waals surface area contributed by atoms with Gasteiger partial charge in [0.2, 0.25) is 5.88 Å². The van der Waals surface area contributed by atoms with Gasteiger partial charge in [0.1, 0.15) is 11.3 Å². The van der Waals surface area contributed by atoms with Crippen molar-refractivity contribution in [3.63, 3.8) is 0 Å². The van der Waals surface area contributed by atoms with E-state index in [1.54, 1.807) is 18.2 Å². The first-order chi connectivity index (χ1) is 14.7. The van der Waals surface area contributed by atoms with E-state index in [9.17, 15) is 5.11 Å². The first kappa shape index (κ1) is 20.3. The van der Waals surface area contributed by atoms with E-state index in [2.05, 4.69) is 35.3 Å². The van der Waals surface area contributed by atoms with Crippen LogP contribution >= 0.6 is 11.8 Å². The van der Waals surface area contributed by atoms with Crippen LogP contribution in [0.1, 0.15) is 21.9 Å². The maximum Gasteiger partial charge on any atom is 0.217 e. The quantitative estimate of drug-likeness (QED) is 0.306. The van der Waals surface area contributed by atoms with Gasteiger partial charge in [0.05, 0.1) is 6.04 Å². The van der Waals surface area contributed by atoms with Crippen molar-refractivity contribution >= 4 is 27.7 Å². The minimum Gasteiger partial charge on any atom is -0.506 e. The van der Waals surface area contributed by atoms with Gasteiger partial charge in [-0.1, -0.05) is 42.5 Å². The van der Waals surface area contributed by atoms with E-state index in [1.165, 1.54) is 11.1 Å². The fraction of sp³-hybridized carbons (Fsp3) is 0.120. The summed E-state index contributed by atoms with van der Waals surface area (Å²) >= 11 is 1.81. The summed E-state index contributed by atoms with van der Waals surface area (Å²) in [6.45, 7) is 0. The molecule has 4 nitrogen and oxygen atoms in total. The second-order valence-electron chi connectivity index (χ2n) is 7.47. The molecule has 1 N–H and O–H groups in total. The number of hydrogen-bond acceptors (Lipinski definition) is 5. The Morgan fingerprint density at radius 2 is 1.84 bits per heavy atom. The monoisotopic (exact) mass is 604 g/mol. The molecule has 0 amide bonds. The Morgan fingerprint density at radius 1 is 0.968 bits per heavy atom. The van der Waals surface area contributed by atoms with Crippen LogP contribution in [0.25, 0.3) is 10.9 Å². The maximum absolute atomic E-state index is 10.1. The maximum atomic E-state index is 10.1. The van der Waals surface area contributed by atoms with Crippen molar-refractivity contribution < 1.29 is 30.9 Å². The molecular formula is C25H17N2O2PtS-. The van der Waals surface area contributed by atoms with E-state index in [1.807, 2.05) is 42.1 Å². The number of pyridine rings is 1. The zero-order valence-electron chi connectivity index (χ0n) is 16.3. The third kappa shape index (κ3) is 3.66. The standard InChI is InChI=1S/C25H17N2O2S.Pt/c28-21-10-4-6-15-11-12-22(27-23(15)21)29-18-8-3-7-17(13-18)25-26-20-14-16-5-1-2-9-19(16)24(20)30-25;/h1-12,20,24,28H,14H2;/q-1;/t20-,24-;/m0./s1. The van der Waals surface area contributed by atoms with Crippen LogP contribution in [0.3, 0.4) is 0 Å². The predicted octanol–water partition coefficient (Wildman–Crippen LogP) is 5.69. The summed E-state index contributed by atoms with van der Waals surface area (Å²) in [6, 6.07) is 27.1. The topological polar surface area (TPSA) is 54.7 Å². The molecule has 4 aromatic rings. The number of nitrogens with zero attached hydrogens (tertiary/aromatic N) is 2. The van der Waals surface area contributed by atoms with Crippen LogP contribution in [0, 0.1) is 6.07 Å². The molecular weight excluding hydrogens is 587 g/mol. The minimum absolute atomic E-state index is 0. The Morgan fingerprint density at radius 3 is 2.77 bits per heavy atom. The third-order valence-electron chi connectivity index (χ3n) is 5.55. The van der Waals surface area contributed by atoms with E-state index in [4.69, 9.17) is 9.73 Å². The fourth-order valence-corrected chi connectivity index (χ4v) is 5.50. The summed E-state index contributed by atoms with van der Waals surface area (Å²) in [7, 11) is 0. The van der Waals surface area contributed by atoms with Crippen molar-refractivity contribution in [1.82, 2.24) is 4.98 Å². The van der Waals surface area contributed by atoms with Gasteiger partial charge in [-0.3, -0.25) is 0 Å². The number of benzene rings is 3. The first-order valence-corrected chi connectivity index (χ1v) is 10.7. The largest absolute Gasteiger partial charge is 0.506 e. The third-order valence-corrected chi connectivity index (χ3v) is 6.92. The summed E-state index contributed by atoms with van der Waals surface area (Å²) < 4.78 is 5.95. The number of fused-ring (bicyclic) bond motifs is 4. The van der Waals surface area contributed by atoms with Gasteiger partial charge in [-0.25, -0.2) is 4.98 Å². The number of aromatic hydroxyl groups is 1. The number of rotatable bonds is 3. The Balaban J connectivity index is 0.00000204. The molecule has 2 aliphatic rings. The predicted molar refractivity (Wildman–Crippen MR) is 120 cm³/mol. The number of para-hydroxylation sites is 1. The second-order valence-corrected chi connectivity index (χ2v) is 8.60. The number of hydrogen-bond donors (Lipinski definition) is 1. The average molecular weight is 605 g/mol. The van der Waals surface area contributed by atoms with Gasteiger partial charge in [-0.15, -0.1) is 35.5 Å². The number of phenolic OH excluding ortho intramolecular Hbond substituents is 1. The fourth-order valence-electron chi connectivity index (χ4n) is 4.14. The molecule has 31 heavy (non-hydrogen) atoms. The molecule has 0 saturated heterocycles. The molecule has 0 fully saturated rings. The van der Waals surface area contributed by atoms with Gasteiger partial charge in [0.15, 0.2) is 0 Å². The van der Waals surface area contributed by atoms with Crippen molar-refractivity contribution in [2.24, 2.45) is 4.99 Å². The van der Waals surface area contributed by atoms with Crippen LogP contribution in [0.4, 0.5) is 0 Å². The Hall–Kier alpha value is -2.62. The van der Waals surface area contributed by atoms with Crippen LogP contribution < -0.4 is 4.74 Å². The summed E-state index contributed by atoms with van der Waals surface area (Å²) in [6.07, 6.45) is 0.998. The molecule has 1 aromatic heterocycles. The minimum atomic E-state index is 0. The van der Waals surface area contributed by atoms with Crippen molar-refractivity contribution in [1.29, 1.82) is 0 Å². The molecule has 156 valence electrons. The van der Waals surface area contributed by atoms with Crippen molar-refractivity contribution in [3.8, 4) is 17.4 Å². The van der Waals surface area contributed by atoms with Crippen LogP contribution in [0.5, 0.6) is 17.4 Å². The molecule has 1 aliphatic carbocycles. The number of aliphatic imine (C=N–C) groups is 1.